The Hall–Kier alpha value is -0.620. The van der Waals surface area contributed by atoms with Crippen molar-refractivity contribution in [3.8, 4) is 0 Å². The molecule has 1 amide bonds. The van der Waals surface area contributed by atoms with Crippen LogP contribution >= 0.6 is 0 Å². The number of hydrogen-bond acceptors (Lipinski definition) is 3. The first-order valence-electron chi connectivity index (χ1n) is 15.8. The lowest BCUT2D eigenvalue weighted by Crippen LogP contribution is -2.66. The minimum atomic E-state index is -4.09. The lowest BCUT2D eigenvalue weighted by Gasteiger charge is -2.72. The average Bonchev–Trinajstić information content (AvgIpc) is 3.19. The Balaban J connectivity index is 1.49. The summed E-state index contributed by atoms with van der Waals surface area (Å²) < 4.78 is 31.9. The first kappa shape index (κ1) is 28.9. The molecule has 0 radical (unpaired) electrons. The summed E-state index contributed by atoms with van der Waals surface area (Å²) in [4.78, 5) is 13.9. The molecule has 0 aromatic rings. The van der Waals surface area contributed by atoms with Gasteiger partial charge in [-0.25, -0.2) is 0 Å². The summed E-state index contributed by atoms with van der Waals surface area (Å²) in [5.74, 6) is 3.17. The molecule has 6 heteroatoms. The molecule has 0 saturated heterocycles. The number of carbonyl (C=O) groups excluding carboxylic acids is 1. The van der Waals surface area contributed by atoms with Crippen LogP contribution in [0.1, 0.15) is 119 Å². The van der Waals surface area contributed by atoms with Gasteiger partial charge in [0.25, 0.3) is 10.1 Å². The quantitative estimate of drug-likeness (QED) is 0.358. The van der Waals surface area contributed by atoms with Gasteiger partial charge in [0.05, 0.1) is 11.2 Å². The molecule has 5 aliphatic rings. The number of nitrogens with one attached hydrogen (secondary N) is 1. The van der Waals surface area contributed by atoms with Crippen LogP contribution in [-0.2, 0) is 14.9 Å². The van der Waals surface area contributed by atoms with Crippen molar-refractivity contribution >= 4 is 16.0 Å². The molecular formula is C32H55NO4S. The molecule has 0 bridgehead atoms. The van der Waals surface area contributed by atoms with Crippen LogP contribution in [0.25, 0.3) is 0 Å². The summed E-state index contributed by atoms with van der Waals surface area (Å²) in [7, 11) is -4.09. The smallest absolute Gasteiger partial charge is 0.266 e. The predicted octanol–water partition coefficient (Wildman–Crippen LogP) is 7.12. The largest absolute Gasteiger partial charge is 0.354 e. The lowest BCUT2D eigenvalue weighted by atomic mass is 9.32. The molecule has 5 rings (SSSR count). The summed E-state index contributed by atoms with van der Waals surface area (Å²) in [5.41, 5.74) is 0.979. The van der Waals surface area contributed by atoms with Gasteiger partial charge in [-0.15, -0.1) is 0 Å². The second-order valence-corrected chi connectivity index (χ2v) is 17.8. The number of carbonyl (C=O) groups is 1. The first-order chi connectivity index (χ1) is 17.5. The van der Waals surface area contributed by atoms with Crippen molar-refractivity contribution in [2.24, 2.45) is 62.6 Å². The minimum absolute atomic E-state index is 0.00423. The summed E-state index contributed by atoms with van der Waals surface area (Å²) in [5, 5.41) is 2.98. The molecule has 5 saturated carbocycles. The number of amides is 1. The predicted molar refractivity (Wildman–Crippen MR) is 153 cm³/mol. The Bertz CT molecular complexity index is 1050. The van der Waals surface area contributed by atoms with Crippen molar-refractivity contribution in [2.75, 3.05) is 12.3 Å². The molecule has 218 valence electrons. The third-order valence-electron chi connectivity index (χ3n) is 14.2. The molecule has 5 nitrogen and oxygen atoms in total. The topological polar surface area (TPSA) is 83.5 Å². The van der Waals surface area contributed by atoms with Crippen LogP contribution in [-0.4, -0.2) is 31.2 Å². The molecule has 0 aromatic carbocycles. The minimum Gasteiger partial charge on any atom is -0.354 e. The van der Waals surface area contributed by atoms with Crippen LogP contribution < -0.4 is 5.32 Å². The number of hydrogen-bond donors (Lipinski definition) is 2. The van der Waals surface area contributed by atoms with Crippen molar-refractivity contribution in [2.45, 2.75) is 119 Å². The van der Waals surface area contributed by atoms with E-state index in [2.05, 4.69) is 53.8 Å². The van der Waals surface area contributed by atoms with Gasteiger partial charge in [0.15, 0.2) is 0 Å². The fourth-order valence-corrected chi connectivity index (χ4v) is 12.7. The van der Waals surface area contributed by atoms with Gasteiger partial charge in [-0.2, -0.15) is 8.42 Å². The Morgan fingerprint density at radius 2 is 1.58 bits per heavy atom. The van der Waals surface area contributed by atoms with Gasteiger partial charge in [-0.05, 0) is 121 Å². The average molecular weight is 550 g/mol. The maximum atomic E-state index is 13.9. The molecule has 0 aromatic heterocycles. The monoisotopic (exact) mass is 549 g/mol. The van der Waals surface area contributed by atoms with Crippen molar-refractivity contribution in [3.05, 3.63) is 0 Å². The Morgan fingerprint density at radius 3 is 2.24 bits per heavy atom. The van der Waals surface area contributed by atoms with E-state index in [4.69, 9.17) is 0 Å². The molecule has 0 heterocycles. The van der Waals surface area contributed by atoms with E-state index in [1.54, 1.807) is 0 Å². The molecule has 0 spiro atoms. The van der Waals surface area contributed by atoms with Crippen LogP contribution in [0.5, 0.6) is 0 Å². The van der Waals surface area contributed by atoms with E-state index >= 15 is 0 Å². The standard InChI is InChI=1S/C32H55NO4S/c1-21(2)22-11-16-32(27(34)33-19-20-38(35,36)37)18-17-30(6)23(26(22)32)9-10-25-29(5)14-8-13-28(3,4)24(29)12-15-31(25,30)7/h21-26H,8-20H2,1-7H3,(H,33,34)(H,35,36,37)/t22-,23?,24?,25?,26?,29-,30+,31+,32-/m0/s1. The van der Waals surface area contributed by atoms with Crippen molar-refractivity contribution < 1.29 is 17.8 Å². The molecule has 2 N–H and O–H groups in total. The van der Waals surface area contributed by atoms with Crippen molar-refractivity contribution in [1.29, 1.82) is 0 Å². The Morgan fingerprint density at radius 1 is 0.868 bits per heavy atom. The van der Waals surface area contributed by atoms with E-state index in [0.717, 1.165) is 37.5 Å². The van der Waals surface area contributed by atoms with E-state index in [-0.39, 0.29) is 17.9 Å². The summed E-state index contributed by atoms with van der Waals surface area (Å²) in [6.07, 6.45) is 13.3. The molecule has 5 aliphatic carbocycles. The van der Waals surface area contributed by atoms with Crippen LogP contribution in [0.4, 0.5) is 0 Å². The van der Waals surface area contributed by atoms with E-state index in [9.17, 15) is 17.8 Å². The molecule has 4 unspecified atom stereocenters. The lowest BCUT2D eigenvalue weighted by molar-refractivity contribution is -0.237. The normalized spacial score (nSPS) is 48.0. The van der Waals surface area contributed by atoms with Crippen molar-refractivity contribution in [3.63, 3.8) is 0 Å². The number of fused-ring (bicyclic) bond motifs is 7. The van der Waals surface area contributed by atoms with Crippen molar-refractivity contribution in [1.82, 2.24) is 5.32 Å². The van der Waals surface area contributed by atoms with Crippen LogP contribution in [0.3, 0.4) is 0 Å². The fourth-order valence-electron chi connectivity index (χ4n) is 12.4. The third kappa shape index (κ3) is 4.07. The van der Waals surface area contributed by atoms with Crippen LogP contribution in [0.15, 0.2) is 0 Å². The maximum Gasteiger partial charge on any atom is 0.266 e. The summed E-state index contributed by atoms with van der Waals surface area (Å²) >= 11 is 0. The highest BCUT2D eigenvalue weighted by Gasteiger charge is 2.71. The van der Waals surface area contributed by atoms with Crippen LogP contribution in [0, 0.1) is 62.6 Å². The zero-order chi connectivity index (χ0) is 27.9. The molecular weight excluding hydrogens is 494 g/mol. The Labute approximate surface area is 232 Å². The third-order valence-corrected chi connectivity index (χ3v) is 14.9. The highest BCUT2D eigenvalue weighted by molar-refractivity contribution is 7.85. The van der Waals surface area contributed by atoms with Gasteiger partial charge in [0.2, 0.25) is 5.91 Å². The van der Waals surface area contributed by atoms with E-state index in [1.165, 1.54) is 44.9 Å². The SMILES string of the molecule is CC(C)[C@@H]1CC[C@]2(C(=O)NCCS(=O)(=O)O)CC[C@]3(C)C(CCC4[C@@]5(C)CCCC(C)(C)C5CC[C@]43C)C12. The second kappa shape index (κ2) is 9.19. The summed E-state index contributed by atoms with van der Waals surface area (Å²) in [6.45, 7) is 17.7. The highest BCUT2D eigenvalue weighted by atomic mass is 32.2. The Kier molecular flexibility index (Phi) is 6.99. The maximum absolute atomic E-state index is 13.9. The van der Waals surface area contributed by atoms with E-state index < -0.39 is 21.3 Å². The zero-order valence-electron chi connectivity index (χ0n) is 25.2. The zero-order valence-corrected chi connectivity index (χ0v) is 26.1. The molecule has 0 aliphatic heterocycles. The van der Waals surface area contributed by atoms with Gasteiger partial charge < -0.3 is 5.32 Å². The van der Waals surface area contributed by atoms with E-state index in [0.29, 0.717) is 39.9 Å². The van der Waals surface area contributed by atoms with E-state index in [1.807, 2.05) is 0 Å². The fraction of sp³-hybridized carbons (Fsp3) is 0.969. The number of rotatable bonds is 5. The van der Waals surface area contributed by atoms with Gasteiger partial charge >= 0.3 is 0 Å². The summed E-state index contributed by atoms with van der Waals surface area (Å²) in [6, 6.07) is 0. The molecule has 9 atom stereocenters. The molecule has 38 heavy (non-hydrogen) atoms. The van der Waals surface area contributed by atoms with Gasteiger partial charge in [-0.1, -0.05) is 54.9 Å². The first-order valence-corrected chi connectivity index (χ1v) is 17.4. The van der Waals surface area contributed by atoms with Crippen LogP contribution in [0.2, 0.25) is 0 Å². The van der Waals surface area contributed by atoms with Gasteiger partial charge in [-0.3, -0.25) is 9.35 Å². The highest BCUT2D eigenvalue weighted by Crippen LogP contribution is 2.77. The van der Waals surface area contributed by atoms with Gasteiger partial charge in [0.1, 0.15) is 0 Å². The second-order valence-electron chi connectivity index (χ2n) is 16.2. The molecule has 5 fully saturated rings. The van der Waals surface area contributed by atoms with Gasteiger partial charge in [0, 0.05) is 6.54 Å².